The van der Waals surface area contributed by atoms with Gasteiger partial charge in [-0.25, -0.2) is 0 Å². The Morgan fingerprint density at radius 3 is 2.29 bits per heavy atom. The molecule has 6 nitrogen and oxygen atoms in total. The normalized spacial score (nSPS) is 10.4. The third kappa shape index (κ3) is 3.33. The van der Waals surface area contributed by atoms with E-state index >= 15 is 0 Å². The monoisotopic (exact) mass is 322 g/mol. The fourth-order valence-electron chi connectivity index (χ4n) is 2.19. The second-order valence-electron chi connectivity index (χ2n) is 5.29. The lowest BCUT2D eigenvalue weighted by Crippen LogP contribution is -2.10. The molecule has 1 heterocycles. The molecule has 24 heavy (non-hydrogen) atoms. The van der Waals surface area contributed by atoms with Crippen molar-refractivity contribution in [3.63, 3.8) is 0 Å². The highest BCUT2D eigenvalue weighted by Gasteiger charge is 2.13. The SMILES string of the molecule is Cc1ccc(NC(=O)c2ccc(-c3ccc([N+](=O)[O-])cc3)o2)cc1. The van der Waals surface area contributed by atoms with Crippen LogP contribution < -0.4 is 5.32 Å². The van der Waals surface area contributed by atoms with Crippen molar-refractivity contribution in [1.29, 1.82) is 0 Å². The van der Waals surface area contributed by atoms with Crippen molar-refractivity contribution in [3.05, 3.63) is 82.1 Å². The number of nitrogens with one attached hydrogen (secondary N) is 1. The Kier molecular flexibility index (Phi) is 4.11. The van der Waals surface area contributed by atoms with Crippen LogP contribution in [0.2, 0.25) is 0 Å². The van der Waals surface area contributed by atoms with Gasteiger partial charge in [0.1, 0.15) is 5.76 Å². The summed E-state index contributed by atoms with van der Waals surface area (Å²) in [5.74, 6) is 0.287. The first-order valence-electron chi connectivity index (χ1n) is 7.25. The van der Waals surface area contributed by atoms with Crippen LogP contribution in [0.1, 0.15) is 16.1 Å². The largest absolute Gasteiger partial charge is 0.451 e. The first-order valence-corrected chi connectivity index (χ1v) is 7.25. The van der Waals surface area contributed by atoms with Gasteiger partial charge in [-0.15, -0.1) is 0 Å². The molecule has 2 aromatic carbocycles. The maximum Gasteiger partial charge on any atom is 0.291 e. The van der Waals surface area contributed by atoms with Gasteiger partial charge in [0.25, 0.3) is 11.6 Å². The average Bonchev–Trinajstić information content (AvgIpc) is 3.07. The molecule has 0 atom stereocenters. The number of hydrogen-bond donors (Lipinski definition) is 1. The summed E-state index contributed by atoms with van der Waals surface area (Å²) in [5, 5.41) is 13.4. The second-order valence-corrected chi connectivity index (χ2v) is 5.29. The van der Waals surface area contributed by atoms with E-state index in [9.17, 15) is 14.9 Å². The van der Waals surface area contributed by atoms with Crippen molar-refractivity contribution >= 4 is 17.3 Å². The first kappa shape index (κ1) is 15.5. The highest BCUT2D eigenvalue weighted by atomic mass is 16.6. The van der Waals surface area contributed by atoms with Crippen LogP contribution in [0.25, 0.3) is 11.3 Å². The number of benzene rings is 2. The van der Waals surface area contributed by atoms with Gasteiger partial charge in [-0.1, -0.05) is 17.7 Å². The van der Waals surface area contributed by atoms with Crippen molar-refractivity contribution in [2.24, 2.45) is 0 Å². The van der Waals surface area contributed by atoms with Crippen LogP contribution >= 0.6 is 0 Å². The number of furan rings is 1. The van der Waals surface area contributed by atoms with Gasteiger partial charge in [-0.2, -0.15) is 0 Å². The standard InChI is InChI=1S/C18H14N2O4/c1-12-2-6-14(7-3-12)19-18(21)17-11-10-16(24-17)13-4-8-15(9-5-13)20(22)23/h2-11H,1H3,(H,19,21). The zero-order valence-electron chi connectivity index (χ0n) is 12.9. The van der Waals surface area contributed by atoms with Crippen LogP contribution in [0.15, 0.2) is 65.1 Å². The summed E-state index contributed by atoms with van der Waals surface area (Å²) < 4.78 is 5.55. The Morgan fingerprint density at radius 1 is 1.00 bits per heavy atom. The second kappa shape index (κ2) is 6.37. The first-order chi connectivity index (χ1) is 11.5. The number of carbonyl (C=O) groups excluding carboxylic acids is 1. The molecule has 0 bridgehead atoms. The minimum Gasteiger partial charge on any atom is -0.451 e. The fourth-order valence-corrected chi connectivity index (χ4v) is 2.19. The molecule has 0 fully saturated rings. The van der Waals surface area contributed by atoms with Gasteiger partial charge in [0.05, 0.1) is 4.92 Å². The number of hydrogen-bond acceptors (Lipinski definition) is 4. The number of carbonyl (C=O) groups is 1. The lowest BCUT2D eigenvalue weighted by molar-refractivity contribution is -0.384. The molecule has 3 rings (SSSR count). The van der Waals surface area contributed by atoms with Crippen molar-refractivity contribution in [2.45, 2.75) is 6.92 Å². The Bertz CT molecular complexity index is 880. The van der Waals surface area contributed by atoms with Gasteiger partial charge in [0, 0.05) is 23.4 Å². The molecule has 0 saturated heterocycles. The van der Waals surface area contributed by atoms with Crippen molar-refractivity contribution in [2.75, 3.05) is 5.32 Å². The summed E-state index contributed by atoms with van der Waals surface area (Å²) in [5.41, 5.74) is 2.45. The molecule has 0 radical (unpaired) electrons. The summed E-state index contributed by atoms with van der Waals surface area (Å²) in [6.07, 6.45) is 0. The molecule has 0 aliphatic heterocycles. The van der Waals surface area contributed by atoms with Crippen LogP contribution in [-0.2, 0) is 0 Å². The zero-order chi connectivity index (χ0) is 17.1. The van der Waals surface area contributed by atoms with Gasteiger partial charge >= 0.3 is 0 Å². The minimum atomic E-state index is -0.466. The zero-order valence-corrected chi connectivity index (χ0v) is 12.9. The van der Waals surface area contributed by atoms with Crippen LogP contribution in [0.5, 0.6) is 0 Å². The predicted octanol–water partition coefficient (Wildman–Crippen LogP) is 4.42. The maximum atomic E-state index is 12.2. The molecule has 3 aromatic rings. The minimum absolute atomic E-state index is 0.00245. The molecular formula is C18H14N2O4. The Labute approximate surface area is 137 Å². The van der Waals surface area contributed by atoms with Gasteiger partial charge in [0.2, 0.25) is 0 Å². The summed E-state index contributed by atoms with van der Waals surface area (Å²) in [6, 6.07) is 16.6. The molecular weight excluding hydrogens is 308 g/mol. The van der Waals surface area contributed by atoms with Crippen molar-refractivity contribution in [3.8, 4) is 11.3 Å². The van der Waals surface area contributed by atoms with Crippen LogP contribution in [0, 0.1) is 17.0 Å². The summed E-state index contributed by atoms with van der Waals surface area (Å²) in [7, 11) is 0. The van der Waals surface area contributed by atoms with Crippen LogP contribution in [0.3, 0.4) is 0 Å². The number of rotatable bonds is 4. The van der Waals surface area contributed by atoms with Gasteiger partial charge in [-0.3, -0.25) is 14.9 Å². The van der Waals surface area contributed by atoms with E-state index in [1.165, 1.54) is 12.1 Å². The Balaban J connectivity index is 1.75. The molecule has 0 spiro atoms. The smallest absolute Gasteiger partial charge is 0.291 e. The predicted molar refractivity (Wildman–Crippen MR) is 89.9 cm³/mol. The number of nitro groups is 1. The summed E-state index contributed by atoms with van der Waals surface area (Å²) in [6.45, 7) is 1.97. The Morgan fingerprint density at radius 2 is 1.67 bits per heavy atom. The molecule has 0 unspecified atom stereocenters. The number of anilines is 1. The van der Waals surface area contributed by atoms with Gasteiger partial charge < -0.3 is 9.73 Å². The number of non-ortho nitro benzene ring substituents is 1. The van der Waals surface area contributed by atoms with E-state index in [0.717, 1.165) is 5.56 Å². The van der Waals surface area contributed by atoms with E-state index in [4.69, 9.17) is 4.42 Å². The molecule has 1 aromatic heterocycles. The quantitative estimate of drug-likeness (QED) is 0.569. The number of nitrogens with zero attached hydrogens (tertiary/aromatic N) is 1. The maximum absolute atomic E-state index is 12.2. The van der Waals surface area contributed by atoms with E-state index in [1.807, 2.05) is 31.2 Å². The van der Waals surface area contributed by atoms with E-state index in [0.29, 0.717) is 17.0 Å². The van der Waals surface area contributed by atoms with Gasteiger partial charge in [-0.05, 0) is 43.3 Å². The van der Waals surface area contributed by atoms with E-state index in [2.05, 4.69) is 5.32 Å². The molecule has 1 amide bonds. The molecule has 1 N–H and O–H groups in total. The molecule has 0 aliphatic carbocycles. The summed E-state index contributed by atoms with van der Waals surface area (Å²) in [4.78, 5) is 22.4. The third-order valence-corrected chi connectivity index (χ3v) is 3.50. The molecule has 6 heteroatoms. The van der Waals surface area contributed by atoms with E-state index in [1.54, 1.807) is 24.3 Å². The van der Waals surface area contributed by atoms with E-state index < -0.39 is 4.92 Å². The molecule has 0 saturated carbocycles. The number of amides is 1. The third-order valence-electron chi connectivity index (χ3n) is 3.50. The highest BCUT2D eigenvalue weighted by molar-refractivity contribution is 6.02. The van der Waals surface area contributed by atoms with Crippen LogP contribution in [0.4, 0.5) is 11.4 Å². The highest BCUT2D eigenvalue weighted by Crippen LogP contribution is 2.25. The van der Waals surface area contributed by atoms with Gasteiger partial charge in [0.15, 0.2) is 5.76 Å². The van der Waals surface area contributed by atoms with Crippen molar-refractivity contribution in [1.82, 2.24) is 0 Å². The van der Waals surface area contributed by atoms with E-state index in [-0.39, 0.29) is 17.4 Å². The van der Waals surface area contributed by atoms with Crippen LogP contribution in [-0.4, -0.2) is 10.8 Å². The number of nitro benzene ring substituents is 1. The lowest BCUT2D eigenvalue weighted by atomic mass is 10.1. The number of aryl methyl sites for hydroxylation is 1. The lowest BCUT2D eigenvalue weighted by Gasteiger charge is -2.03. The summed E-state index contributed by atoms with van der Waals surface area (Å²) >= 11 is 0. The molecule has 0 aliphatic rings. The average molecular weight is 322 g/mol. The van der Waals surface area contributed by atoms with Crippen molar-refractivity contribution < 1.29 is 14.1 Å². The Hall–Kier alpha value is -3.41. The molecule has 120 valence electrons. The fraction of sp³-hybridized carbons (Fsp3) is 0.0556. The topological polar surface area (TPSA) is 85.4 Å².